The largest absolute Gasteiger partial charge is 0.508 e. The number of benzene rings is 1. The number of carbonyl (C=O) groups excluding carboxylic acids is 1. The molecule has 112 valence electrons. The van der Waals surface area contributed by atoms with Gasteiger partial charge < -0.3 is 26.0 Å². The highest BCUT2D eigenvalue weighted by Crippen LogP contribution is 2.23. The molecule has 0 saturated heterocycles. The van der Waals surface area contributed by atoms with Gasteiger partial charge in [0.2, 0.25) is 0 Å². The highest BCUT2D eigenvalue weighted by atomic mass is 16.6. The lowest BCUT2D eigenvalue weighted by atomic mass is 10.0. The molecule has 1 aromatic carbocycles. The highest BCUT2D eigenvalue weighted by Gasteiger charge is 2.19. The van der Waals surface area contributed by atoms with E-state index in [-0.39, 0.29) is 24.1 Å². The fraction of sp³-hybridized carbons (Fsp3) is 0.500. The molecule has 0 radical (unpaired) electrons. The zero-order chi connectivity index (χ0) is 15.3. The lowest BCUT2D eigenvalue weighted by Gasteiger charge is -2.23. The lowest BCUT2D eigenvalue weighted by molar-refractivity contribution is 0.0505. The second-order valence-corrected chi connectivity index (χ2v) is 5.60. The summed E-state index contributed by atoms with van der Waals surface area (Å²) in [6, 6.07) is 3.94. The molecule has 6 nitrogen and oxygen atoms in total. The fourth-order valence-corrected chi connectivity index (χ4v) is 1.66. The monoisotopic (exact) mass is 282 g/mol. The van der Waals surface area contributed by atoms with Crippen LogP contribution < -0.4 is 11.1 Å². The van der Waals surface area contributed by atoms with E-state index >= 15 is 0 Å². The van der Waals surface area contributed by atoms with Crippen molar-refractivity contribution in [1.29, 1.82) is 0 Å². The number of nitrogens with two attached hydrogens (primary N) is 1. The van der Waals surface area contributed by atoms with Gasteiger partial charge in [0.1, 0.15) is 17.1 Å². The number of hydrogen-bond acceptors (Lipinski definition) is 5. The van der Waals surface area contributed by atoms with Crippen molar-refractivity contribution >= 4 is 6.09 Å². The van der Waals surface area contributed by atoms with E-state index in [0.717, 1.165) is 0 Å². The van der Waals surface area contributed by atoms with Crippen LogP contribution in [-0.2, 0) is 11.2 Å². The SMILES string of the molecule is CC(C)(C)OC(=O)NC(CN)Cc1ccc(O)cc1O. The maximum Gasteiger partial charge on any atom is 0.407 e. The average molecular weight is 282 g/mol. The van der Waals surface area contributed by atoms with Gasteiger partial charge in [-0.05, 0) is 38.8 Å². The number of nitrogens with one attached hydrogen (secondary N) is 1. The third-order valence-corrected chi connectivity index (χ3v) is 2.54. The minimum absolute atomic E-state index is 0.0179. The van der Waals surface area contributed by atoms with E-state index in [1.165, 1.54) is 12.1 Å². The van der Waals surface area contributed by atoms with Gasteiger partial charge in [0.15, 0.2) is 0 Å². The minimum Gasteiger partial charge on any atom is -0.508 e. The third-order valence-electron chi connectivity index (χ3n) is 2.54. The second-order valence-electron chi connectivity index (χ2n) is 5.60. The van der Waals surface area contributed by atoms with E-state index in [4.69, 9.17) is 10.5 Å². The van der Waals surface area contributed by atoms with Crippen molar-refractivity contribution in [3.8, 4) is 11.5 Å². The summed E-state index contributed by atoms with van der Waals surface area (Å²) in [7, 11) is 0. The highest BCUT2D eigenvalue weighted by molar-refractivity contribution is 5.68. The molecule has 0 fully saturated rings. The van der Waals surface area contributed by atoms with Gasteiger partial charge in [-0.15, -0.1) is 0 Å². The van der Waals surface area contributed by atoms with Crippen LogP contribution in [0, 0.1) is 0 Å². The molecule has 0 bridgehead atoms. The Morgan fingerprint density at radius 2 is 2.05 bits per heavy atom. The third kappa shape index (κ3) is 5.36. The second kappa shape index (κ2) is 6.47. The van der Waals surface area contributed by atoms with Crippen molar-refractivity contribution in [3.63, 3.8) is 0 Å². The van der Waals surface area contributed by atoms with Crippen molar-refractivity contribution < 1.29 is 19.7 Å². The number of carbonyl (C=O) groups is 1. The van der Waals surface area contributed by atoms with Crippen LogP contribution >= 0.6 is 0 Å². The predicted molar refractivity (Wildman–Crippen MR) is 75.7 cm³/mol. The summed E-state index contributed by atoms with van der Waals surface area (Å²) in [6.45, 7) is 5.53. The first kappa shape index (κ1) is 16.1. The number of phenolic OH excluding ortho intramolecular Hbond substituents is 2. The van der Waals surface area contributed by atoms with Crippen LogP contribution in [0.5, 0.6) is 11.5 Å². The molecule has 0 aliphatic carbocycles. The Balaban J connectivity index is 2.65. The Labute approximate surface area is 118 Å². The van der Waals surface area contributed by atoms with Gasteiger partial charge in [0, 0.05) is 18.7 Å². The van der Waals surface area contributed by atoms with Crippen LogP contribution in [0.3, 0.4) is 0 Å². The van der Waals surface area contributed by atoms with E-state index in [2.05, 4.69) is 5.32 Å². The van der Waals surface area contributed by atoms with Gasteiger partial charge in [-0.25, -0.2) is 4.79 Å². The van der Waals surface area contributed by atoms with Gasteiger partial charge in [0.05, 0.1) is 0 Å². The number of hydrogen-bond donors (Lipinski definition) is 4. The first-order valence-corrected chi connectivity index (χ1v) is 6.41. The fourth-order valence-electron chi connectivity index (χ4n) is 1.66. The number of rotatable bonds is 4. The summed E-state index contributed by atoms with van der Waals surface area (Å²) < 4.78 is 5.15. The molecule has 6 heteroatoms. The Morgan fingerprint density at radius 3 is 2.55 bits per heavy atom. The van der Waals surface area contributed by atoms with Crippen molar-refractivity contribution in [3.05, 3.63) is 23.8 Å². The van der Waals surface area contributed by atoms with Crippen molar-refractivity contribution in [2.75, 3.05) is 6.54 Å². The Bertz CT molecular complexity index is 469. The van der Waals surface area contributed by atoms with Crippen LogP contribution in [-0.4, -0.2) is 34.5 Å². The zero-order valence-electron chi connectivity index (χ0n) is 12.0. The summed E-state index contributed by atoms with van der Waals surface area (Å²) in [5.74, 6) is -0.0508. The van der Waals surface area contributed by atoms with Crippen molar-refractivity contribution in [1.82, 2.24) is 5.32 Å². The number of ether oxygens (including phenoxy) is 1. The van der Waals surface area contributed by atoms with Gasteiger partial charge in [-0.3, -0.25) is 0 Å². The maximum absolute atomic E-state index is 11.7. The van der Waals surface area contributed by atoms with E-state index in [1.54, 1.807) is 26.8 Å². The van der Waals surface area contributed by atoms with Crippen molar-refractivity contribution in [2.24, 2.45) is 5.73 Å². The summed E-state index contributed by atoms with van der Waals surface area (Å²) in [5, 5.41) is 21.6. The zero-order valence-corrected chi connectivity index (χ0v) is 12.0. The Hall–Kier alpha value is -1.95. The van der Waals surface area contributed by atoms with Crippen LogP contribution in [0.25, 0.3) is 0 Å². The molecule has 20 heavy (non-hydrogen) atoms. The summed E-state index contributed by atoms with van der Waals surface area (Å²) in [5.41, 5.74) is 5.62. The minimum atomic E-state index is -0.579. The van der Waals surface area contributed by atoms with Crippen LogP contribution in [0.2, 0.25) is 0 Å². The Kier molecular flexibility index (Phi) is 5.21. The molecule has 0 spiro atoms. The van der Waals surface area contributed by atoms with E-state index in [0.29, 0.717) is 12.0 Å². The summed E-state index contributed by atoms with van der Waals surface area (Å²) in [4.78, 5) is 11.7. The van der Waals surface area contributed by atoms with Gasteiger partial charge in [-0.1, -0.05) is 6.07 Å². The smallest absolute Gasteiger partial charge is 0.407 e. The molecule has 1 amide bonds. The Morgan fingerprint density at radius 1 is 1.40 bits per heavy atom. The van der Waals surface area contributed by atoms with Gasteiger partial charge in [-0.2, -0.15) is 0 Å². The molecular formula is C14H22N2O4. The number of amides is 1. The summed E-state index contributed by atoms with van der Waals surface area (Å²) >= 11 is 0. The average Bonchev–Trinajstić information content (AvgIpc) is 2.29. The lowest BCUT2D eigenvalue weighted by Crippen LogP contribution is -2.44. The summed E-state index contributed by atoms with van der Waals surface area (Å²) in [6.07, 6.45) is -0.201. The number of aromatic hydroxyl groups is 2. The molecule has 5 N–H and O–H groups in total. The molecule has 0 aliphatic rings. The first-order chi connectivity index (χ1) is 9.21. The topological polar surface area (TPSA) is 105 Å². The number of alkyl carbamates (subject to hydrolysis) is 1. The first-order valence-electron chi connectivity index (χ1n) is 6.41. The van der Waals surface area contributed by atoms with E-state index in [1.807, 2.05) is 0 Å². The van der Waals surface area contributed by atoms with Crippen LogP contribution in [0.1, 0.15) is 26.3 Å². The molecule has 0 heterocycles. The van der Waals surface area contributed by atoms with Crippen molar-refractivity contribution in [2.45, 2.75) is 38.8 Å². The molecule has 0 aromatic heterocycles. The van der Waals surface area contributed by atoms with Crippen LogP contribution in [0.15, 0.2) is 18.2 Å². The van der Waals surface area contributed by atoms with Gasteiger partial charge >= 0.3 is 6.09 Å². The molecule has 0 aliphatic heterocycles. The quantitative estimate of drug-likeness (QED) is 0.669. The molecule has 1 rings (SSSR count). The number of phenols is 2. The molecule has 1 aromatic rings. The predicted octanol–water partition coefficient (Wildman–Crippen LogP) is 1.49. The van der Waals surface area contributed by atoms with E-state index in [9.17, 15) is 15.0 Å². The normalized spacial score (nSPS) is 12.8. The molecular weight excluding hydrogens is 260 g/mol. The standard InChI is InChI=1S/C14H22N2O4/c1-14(2,3)20-13(19)16-10(8-15)6-9-4-5-11(17)7-12(9)18/h4-5,7,10,17-18H,6,8,15H2,1-3H3,(H,16,19). The van der Waals surface area contributed by atoms with Gasteiger partial charge in [0.25, 0.3) is 0 Å². The van der Waals surface area contributed by atoms with Crippen LogP contribution in [0.4, 0.5) is 4.79 Å². The molecule has 1 unspecified atom stereocenters. The van der Waals surface area contributed by atoms with E-state index < -0.39 is 11.7 Å². The maximum atomic E-state index is 11.7. The molecule has 1 atom stereocenters. The molecule has 0 saturated carbocycles.